The van der Waals surface area contributed by atoms with Crippen LogP contribution in [0.3, 0.4) is 0 Å². The van der Waals surface area contributed by atoms with Crippen molar-refractivity contribution in [3.63, 3.8) is 0 Å². The quantitative estimate of drug-likeness (QED) is 0.409. The van der Waals surface area contributed by atoms with Gasteiger partial charge in [0.05, 0.1) is 0 Å². The van der Waals surface area contributed by atoms with Gasteiger partial charge in [-0.15, -0.1) is 0 Å². The van der Waals surface area contributed by atoms with E-state index in [-0.39, 0.29) is 25.1 Å². The molecule has 4 nitrogen and oxygen atoms in total. The SMILES string of the molecule is O=C(C=CC1C=CC=CC1)OC[n+]1cc[nH]c1.[Cl-]. The highest BCUT2D eigenvalue weighted by molar-refractivity contribution is 5.81. The van der Waals surface area contributed by atoms with Gasteiger partial charge in [-0.1, -0.05) is 30.4 Å². The van der Waals surface area contributed by atoms with Gasteiger partial charge in [-0.2, -0.15) is 0 Å². The average Bonchev–Trinajstić information content (AvgIpc) is 2.88. The molecule has 18 heavy (non-hydrogen) atoms. The van der Waals surface area contributed by atoms with Gasteiger partial charge in [0, 0.05) is 6.08 Å². The smallest absolute Gasteiger partial charge is 0.333 e. The molecule has 1 aromatic heterocycles. The molecule has 1 aromatic rings. The summed E-state index contributed by atoms with van der Waals surface area (Å²) >= 11 is 0. The number of hydrogen-bond acceptors (Lipinski definition) is 2. The van der Waals surface area contributed by atoms with Gasteiger partial charge in [-0.3, -0.25) is 4.98 Å². The molecule has 1 unspecified atom stereocenters. The van der Waals surface area contributed by atoms with E-state index in [0.717, 1.165) is 6.42 Å². The molecule has 1 N–H and O–H groups in total. The molecule has 2 rings (SSSR count). The molecule has 1 aliphatic rings. The lowest BCUT2D eigenvalue weighted by molar-refractivity contribution is -0.726. The van der Waals surface area contributed by atoms with E-state index in [1.54, 1.807) is 23.3 Å². The Labute approximate surface area is 112 Å². The zero-order valence-electron chi connectivity index (χ0n) is 9.83. The monoisotopic (exact) mass is 266 g/mol. The number of nitrogens with one attached hydrogen (secondary N) is 1. The number of ether oxygens (including phenoxy) is 1. The van der Waals surface area contributed by atoms with Crippen molar-refractivity contribution in [1.29, 1.82) is 0 Å². The van der Waals surface area contributed by atoms with E-state index < -0.39 is 0 Å². The van der Waals surface area contributed by atoms with Crippen molar-refractivity contribution in [1.82, 2.24) is 4.98 Å². The number of aromatic nitrogens is 2. The Morgan fingerprint density at radius 1 is 1.50 bits per heavy atom. The van der Waals surface area contributed by atoms with Gasteiger partial charge in [0.25, 0.3) is 0 Å². The summed E-state index contributed by atoms with van der Waals surface area (Å²) in [7, 11) is 0. The van der Waals surface area contributed by atoms with E-state index in [9.17, 15) is 4.79 Å². The van der Waals surface area contributed by atoms with Crippen LogP contribution in [-0.4, -0.2) is 11.0 Å². The Morgan fingerprint density at radius 2 is 2.39 bits per heavy atom. The Hall–Kier alpha value is -1.81. The summed E-state index contributed by atoms with van der Waals surface area (Å²) in [4.78, 5) is 14.3. The first kappa shape index (κ1) is 14.3. The summed E-state index contributed by atoms with van der Waals surface area (Å²) < 4.78 is 6.80. The van der Waals surface area contributed by atoms with Gasteiger partial charge in [0.15, 0.2) is 0 Å². The third-order valence-corrected chi connectivity index (χ3v) is 2.45. The number of allylic oxidation sites excluding steroid dienone is 5. The van der Waals surface area contributed by atoms with E-state index in [1.165, 1.54) is 6.08 Å². The van der Waals surface area contributed by atoms with Crippen LogP contribution in [0.5, 0.6) is 0 Å². The molecule has 0 saturated carbocycles. The van der Waals surface area contributed by atoms with Crippen LogP contribution in [0.25, 0.3) is 0 Å². The van der Waals surface area contributed by atoms with Crippen LogP contribution in [0.2, 0.25) is 0 Å². The van der Waals surface area contributed by atoms with Gasteiger partial charge in [0.2, 0.25) is 13.1 Å². The highest BCUT2D eigenvalue weighted by Crippen LogP contribution is 2.12. The maximum Gasteiger partial charge on any atom is 0.333 e. The molecule has 0 amide bonds. The van der Waals surface area contributed by atoms with E-state index in [4.69, 9.17) is 4.74 Å². The second-order valence-corrected chi connectivity index (χ2v) is 3.79. The molecule has 1 atom stereocenters. The molecule has 0 fully saturated rings. The van der Waals surface area contributed by atoms with Crippen LogP contribution in [0, 0.1) is 5.92 Å². The minimum absolute atomic E-state index is 0. The Kier molecular flexibility index (Phi) is 5.94. The molecule has 0 radical (unpaired) electrons. The normalized spacial score (nSPS) is 17.7. The molecule has 0 bridgehead atoms. The standard InChI is InChI=1S/C13H14N2O2.ClH/c16-13(17-11-15-9-8-14-10-15)7-6-12-4-2-1-3-5-12;/h1-4,6-10,12H,5,11H2;1H. The first-order chi connectivity index (χ1) is 8.34. The number of imidazole rings is 1. The first-order valence-electron chi connectivity index (χ1n) is 5.55. The van der Waals surface area contributed by atoms with E-state index in [1.807, 2.05) is 18.2 Å². The molecule has 96 valence electrons. The number of rotatable bonds is 4. The number of halogens is 1. The third kappa shape index (κ3) is 4.59. The minimum Gasteiger partial charge on any atom is -1.00 e. The minimum atomic E-state index is -0.318. The number of carbonyl (C=O) groups excluding carboxylic acids is 1. The second-order valence-electron chi connectivity index (χ2n) is 3.79. The molecule has 1 aliphatic carbocycles. The fraction of sp³-hybridized carbons (Fsp3) is 0.231. The van der Waals surface area contributed by atoms with Crippen LogP contribution in [0.4, 0.5) is 0 Å². The molecule has 0 spiro atoms. The summed E-state index contributed by atoms with van der Waals surface area (Å²) in [5.41, 5.74) is 0. The molecule has 0 aromatic carbocycles. The first-order valence-corrected chi connectivity index (χ1v) is 5.55. The predicted octanol–water partition coefficient (Wildman–Crippen LogP) is -1.50. The van der Waals surface area contributed by atoms with Crippen molar-refractivity contribution in [2.24, 2.45) is 5.92 Å². The highest BCUT2D eigenvalue weighted by atomic mass is 35.5. The molecular weight excluding hydrogens is 252 g/mol. The van der Waals surface area contributed by atoms with Gasteiger partial charge in [0.1, 0.15) is 12.4 Å². The number of aromatic amines is 1. The van der Waals surface area contributed by atoms with E-state index >= 15 is 0 Å². The maximum absolute atomic E-state index is 11.4. The van der Waals surface area contributed by atoms with Gasteiger partial charge in [-0.25, -0.2) is 9.36 Å². The average molecular weight is 267 g/mol. The molecule has 0 aliphatic heterocycles. The zero-order chi connectivity index (χ0) is 11.9. The van der Waals surface area contributed by atoms with E-state index in [0.29, 0.717) is 5.92 Å². The molecule has 1 heterocycles. The fourth-order valence-electron chi connectivity index (χ4n) is 1.53. The summed E-state index contributed by atoms with van der Waals surface area (Å²) in [6, 6.07) is 0. The van der Waals surface area contributed by atoms with E-state index in [2.05, 4.69) is 17.1 Å². The zero-order valence-corrected chi connectivity index (χ0v) is 10.6. The molecule has 5 heteroatoms. The second kappa shape index (κ2) is 7.50. The van der Waals surface area contributed by atoms with Gasteiger partial charge >= 0.3 is 5.97 Å². The summed E-state index contributed by atoms with van der Waals surface area (Å²) in [6.07, 6.45) is 17.7. The van der Waals surface area contributed by atoms with Gasteiger partial charge in [-0.05, 0) is 12.3 Å². The van der Waals surface area contributed by atoms with Crippen LogP contribution < -0.4 is 17.0 Å². The fourth-order valence-corrected chi connectivity index (χ4v) is 1.53. The van der Waals surface area contributed by atoms with Crippen molar-refractivity contribution in [2.75, 3.05) is 0 Å². The predicted molar refractivity (Wildman–Crippen MR) is 62.6 cm³/mol. The van der Waals surface area contributed by atoms with Crippen molar-refractivity contribution in [3.05, 3.63) is 55.2 Å². The Balaban J connectivity index is 0.00000162. The number of nitrogens with zero attached hydrogens (tertiary/aromatic N) is 1. The van der Waals surface area contributed by atoms with Gasteiger partial charge < -0.3 is 17.1 Å². The Morgan fingerprint density at radius 3 is 3.06 bits per heavy atom. The van der Waals surface area contributed by atoms with Crippen LogP contribution >= 0.6 is 0 Å². The lowest BCUT2D eigenvalue weighted by Crippen LogP contribution is -3.00. The van der Waals surface area contributed by atoms with Crippen molar-refractivity contribution in [2.45, 2.75) is 13.2 Å². The third-order valence-electron chi connectivity index (χ3n) is 2.45. The number of hydrogen-bond donors (Lipinski definition) is 1. The maximum atomic E-state index is 11.4. The molecule has 0 saturated heterocycles. The lowest BCUT2D eigenvalue weighted by Gasteiger charge is -2.06. The van der Waals surface area contributed by atoms with Crippen molar-refractivity contribution >= 4 is 5.97 Å². The topological polar surface area (TPSA) is 46.0 Å². The summed E-state index contributed by atoms with van der Waals surface area (Å²) in [6.45, 7) is 0.229. The summed E-state index contributed by atoms with van der Waals surface area (Å²) in [5, 5.41) is 0. The van der Waals surface area contributed by atoms with Crippen molar-refractivity contribution in [3.8, 4) is 0 Å². The lowest BCUT2D eigenvalue weighted by atomic mass is 10.0. The number of esters is 1. The van der Waals surface area contributed by atoms with Crippen molar-refractivity contribution < 1.29 is 26.5 Å². The largest absolute Gasteiger partial charge is 1.00 e. The van der Waals surface area contributed by atoms with Crippen LogP contribution in [0.15, 0.2) is 55.2 Å². The summed E-state index contributed by atoms with van der Waals surface area (Å²) in [5.74, 6) is -0.0193. The van der Waals surface area contributed by atoms with Crippen LogP contribution in [0.1, 0.15) is 6.42 Å². The highest BCUT2D eigenvalue weighted by Gasteiger charge is 2.04. The van der Waals surface area contributed by atoms with Crippen LogP contribution in [-0.2, 0) is 16.3 Å². The Bertz CT molecular complexity index is 450. The molecular formula is C13H15ClN2O2. The number of carbonyl (C=O) groups is 1. The number of H-pyrrole nitrogens is 1.